The summed E-state index contributed by atoms with van der Waals surface area (Å²) in [5.74, 6) is 0.432. The summed E-state index contributed by atoms with van der Waals surface area (Å²) in [7, 11) is 0. The number of aromatic nitrogens is 1. The molecule has 1 aromatic heterocycles. The van der Waals surface area contributed by atoms with Crippen LogP contribution in [-0.2, 0) is 6.18 Å². The fraction of sp³-hybridized carbons (Fsp3) is 0.615. The van der Waals surface area contributed by atoms with Crippen LogP contribution in [0.4, 0.5) is 19.0 Å². The van der Waals surface area contributed by atoms with Gasteiger partial charge in [0, 0.05) is 18.8 Å². The van der Waals surface area contributed by atoms with Crippen LogP contribution in [0.25, 0.3) is 0 Å². The van der Waals surface area contributed by atoms with Gasteiger partial charge in [-0.25, -0.2) is 4.98 Å². The van der Waals surface area contributed by atoms with Gasteiger partial charge in [0.1, 0.15) is 5.82 Å². The van der Waals surface area contributed by atoms with E-state index in [0.717, 1.165) is 38.5 Å². The predicted molar refractivity (Wildman–Crippen MR) is 65.8 cm³/mol. The highest BCUT2D eigenvalue weighted by Crippen LogP contribution is 2.35. The Kier molecular flexibility index (Phi) is 3.12. The lowest BCUT2D eigenvalue weighted by atomic mass is 9.84. The van der Waals surface area contributed by atoms with Crippen LogP contribution in [0.1, 0.15) is 18.4 Å². The Balaban J connectivity index is 1.80. The summed E-state index contributed by atoms with van der Waals surface area (Å²) in [4.78, 5) is 6.17. The second kappa shape index (κ2) is 4.67. The van der Waals surface area contributed by atoms with Crippen molar-refractivity contribution in [1.29, 1.82) is 0 Å². The quantitative estimate of drug-likeness (QED) is 0.896. The van der Waals surface area contributed by atoms with Gasteiger partial charge in [-0.2, -0.15) is 13.2 Å². The maximum Gasteiger partial charge on any atom is 0.419 e. The topological polar surface area (TPSA) is 28.2 Å². The summed E-state index contributed by atoms with van der Waals surface area (Å²) < 4.78 is 38.7. The molecule has 0 aromatic carbocycles. The van der Waals surface area contributed by atoms with Gasteiger partial charge >= 0.3 is 6.18 Å². The largest absolute Gasteiger partial charge is 0.419 e. The minimum atomic E-state index is -4.36. The molecule has 1 aromatic rings. The second-order valence-electron chi connectivity index (χ2n) is 5.29. The molecular formula is C13H16F3N3. The lowest BCUT2D eigenvalue weighted by Crippen LogP contribution is -2.53. The van der Waals surface area contributed by atoms with Gasteiger partial charge in [-0.05, 0) is 44.0 Å². The Morgan fingerprint density at radius 1 is 1.26 bits per heavy atom. The van der Waals surface area contributed by atoms with E-state index in [1.807, 2.05) is 0 Å². The predicted octanol–water partition coefficient (Wildman–Crippen LogP) is 2.61. The van der Waals surface area contributed by atoms with Crippen molar-refractivity contribution in [3.63, 3.8) is 0 Å². The molecule has 6 heteroatoms. The molecule has 1 N–H and O–H groups in total. The minimum absolute atomic E-state index is 0.0336. The fourth-order valence-corrected chi connectivity index (χ4v) is 3.05. The summed E-state index contributed by atoms with van der Waals surface area (Å²) >= 11 is 0. The van der Waals surface area contributed by atoms with Crippen molar-refractivity contribution >= 4 is 5.82 Å². The summed E-state index contributed by atoms with van der Waals surface area (Å²) in [6, 6.07) is 2.49. The van der Waals surface area contributed by atoms with Crippen molar-refractivity contribution in [2.45, 2.75) is 25.1 Å². The number of piperidine rings is 3. The third kappa shape index (κ3) is 2.54. The number of nitrogens with zero attached hydrogens (tertiary/aromatic N) is 2. The van der Waals surface area contributed by atoms with Crippen LogP contribution in [0.2, 0.25) is 0 Å². The molecular weight excluding hydrogens is 255 g/mol. The number of alkyl halides is 3. The van der Waals surface area contributed by atoms with E-state index in [4.69, 9.17) is 0 Å². The second-order valence-corrected chi connectivity index (χ2v) is 5.29. The number of rotatable bonds is 2. The van der Waals surface area contributed by atoms with Crippen LogP contribution in [0.3, 0.4) is 0 Å². The summed E-state index contributed by atoms with van der Waals surface area (Å²) in [5.41, 5.74) is -0.675. The van der Waals surface area contributed by atoms with E-state index in [1.165, 1.54) is 12.3 Å². The van der Waals surface area contributed by atoms with Gasteiger partial charge in [-0.15, -0.1) is 0 Å². The van der Waals surface area contributed by atoms with Crippen molar-refractivity contribution in [2.75, 3.05) is 25.0 Å². The van der Waals surface area contributed by atoms with Gasteiger partial charge in [0.05, 0.1) is 5.56 Å². The molecule has 1 atom stereocenters. The van der Waals surface area contributed by atoms with Gasteiger partial charge < -0.3 is 10.2 Å². The summed E-state index contributed by atoms with van der Waals surface area (Å²) in [5, 5.41) is 3.01. The standard InChI is InChI=1S/C13H16F3N3/c14-13(15,16)10-2-1-5-17-12(10)18-11-8-19-6-3-9(11)4-7-19/h1-2,5,9,11H,3-4,6-8H2,(H,17,18). The first kappa shape index (κ1) is 12.7. The van der Waals surface area contributed by atoms with Crippen LogP contribution in [-0.4, -0.2) is 35.6 Å². The molecule has 3 fully saturated rings. The summed E-state index contributed by atoms with van der Waals surface area (Å²) in [6.45, 7) is 2.95. The summed E-state index contributed by atoms with van der Waals surface area (Å²) in [6.07, 6.45) is -0.832. The van der Waals surface area contributed by atoms with Crippen LogP contribution < -0.4 is 5.32 Å². The molecule has 3 saturated heterocycles. The van der Waals surface area contributed by atoms with Gasteiger partial charge in [0.15, 0.2) is 0 Å². The van der Waals surface area contributed by atoms with E-state index in [2.05, 4.69) is 15.2 Å². The average Bonchev–Trinajstić information content (AvgIpc) is 2.39. The Labute approximate surface area is 109 Å². The van der Waals surface area contributed by atoms with Crippen LogP contribution >= 0.6 is 0 Å². The van der Waals surface area contributed by atoms with Gasteiger partial charge in [-0.3, -0.25) is 0 Å². The first-order valence-corrected chi connectivity index (χ1v) is 6.55. The van der Waals surface area contributed by atoms with E-state index in [1.54, 1.807) is 0 Å². The number of halogens is 3. The van der Waals surface area contributed by atoms with Crippen LogP contribution in [0.5, 0.6) is 0 Å². The minimum Gasteiger partial charge on any atom is -0.365 e. The molecule has 4 heterocycles. The fourth-order valence-electron chi connectivity index (χ4n) is 3.05. The van der Waals surface area contributed by atoms with Crippen molar-refractivity contribution in [2.24, 2.45) is 5.92 Å². The first-order chi connectivity index (χ1) is 9.04. The SMILES string of the molecule is FC(F)(F)c1cccnc1NC1CN2CCC1CC2. The molecule has 1 unspecified atom stereocenters. The van der Waals surface area contributed by atoms with Crippen molar-refractivity contribution in [1.82, 2.24) is 9.88 Å². The molecule has 3 aliphatic heterocycles. The normalized spacial score (nSPS) is 30.4. The molecule has 0 radical (unpaired) electrons. The Morgan fingerprint density at radius 2 is 2.00 bits per heavy atom. The monoisotopic (exact) mass is 271 g/mol. The number of fused-ring (bicyclic) bond motifs is 3. The van der Waals surface area contributed by atoms with E-state index in [9.17, 15) is 13.2 Å². The number of hydrogen-bond acceptors (Lipinski definition) is 3. The van der Waals surface area contributed by atoms with Crippen molar-refractivity contribution in [3.05, 3.63) is 23.9 Å². The van der Waals surface area contributed by atoms with Crippen molar-refractivity contribution in [3.8, 4) is 0 Å². The van der Waals surface area contributed by atoms with Gasteiger partial charge in [0.25, 0.3) is 0 Å². The Bertz CT molecular complexity index is 453. The smallest absolute Gasteiger partial charge is 0.365 e. The highest BCUT2D eigenvalue weighted by Gasteiger charge is 2.38. The third-order valence-corrected chi connectivity index (χ3v) is 4.09. The average molecular weight is 271 g/mol. The lowest BCUT2D eigenvalue weighted by Gasteiger charge is -2.45. The Morgan fingerprint density at radius 3 is 2.58 bits per heavy atom. The maximum absolute atomic E-state index is 12.9. The maximum atomic E-state index is 12.9. The zero-order valence-electron chi connectivity index (χ0n) is 10.5. The van der Waals surface area contributed by atoms with Crippen LogP contribution in [0.15, 0.2) is 18.3 Å². The van der Waals surface area contributed by atoms with Crippen LogP contribution in [0, 0.1) is 5.92 Å². The Hall–Kier alpha value is -1.30. The highest BCUT2D eigenvalue weighted by molar-refractivity contribution is 5.46. The van der Waals surface area contributed by atoms with Gasteiger partial charge in [0.2, 0.25) is 0 Å². The number of anilines is 1. The van der Waals surface area contributed by atoms with E-state index in [-0.39, 0.29) is 11.9 Å². The first-order valence-electron chi connectivity index (χ1n) is 6.55. The number of pyridine rings is 1. The molecule has 0 spiro atoms. The zero-order chi connectivity index (χ0) is 13.5. The van der Waals surface area contributed by atoms with Crippen molar-refractivity contribution < 1.29 is 13.2 Å². The molecule has 3 nitrogen and oxygen atoms in total. The molecule has 0 aliphatic carbocycles. The molecule has 19 heavy (non-hydrogen) atoms. The highest BCUT2D eigenvalue weighted by atomic mass is 19.4. The van der Waals surface area contributed by atoms with E-state index >= 15 is 0 Å². The number of nitrogens with one attached hydrogen (secondary N) is 1. The third-order valence-electron chi connectivity index (χ3n) is 4.09. The van der Waals surface area contributed by atoms with E-state index < -0.39 is 11.7 Å². The molecule has 2 bridgehead atoms. The molecule has 0 saturated carbocycles. The lowest BCUT2D eigenvalue weighted by molar-refractivity contribution is -0.137. The molecule has 104 valence electrons. The molecule has 4 rings (SSSR count). The van der Waals surface area contributed by atoms with E-state index in [0.29, 0.717) is 5.92 Å². The molecule has 3 aliphatic rings. The number of hydrogen-bond donors (Lipinski definition) is 1. The molecule has 0 amide bonds. The zero-order valence-corrected chi connectivity index (χ0v) is 10.5. The van der Waals surface area contributed by atoms with Gasteiger partial charge in [-0.1, -0.05) is 0 Å².